The summed E-state index contributed by atoms with van der Waals surface area (Å²) in [6.45, 7) is 5.94. The maximum Gasteiger partial charge on any atom is 0.338 e. The van der Waals surface area contributed by atoms with Gasteiger partial charge in [0.2, 0.25) is 0 Å². The number of esters is 2. The molecule has 1 aliphatic rings. The van der Waals surface area contributed by atoms with Gasteiger partial charge in [0, 0.05) is 23.4 Å². The Bertz CT molecular complexity index is 1050. The summed E-state index contributed by atoms with van der Waals surface area (Å²) in [5, 5.41) is 0. The number of hydrogen-bond donors (Lipinski definition) is 2. The van der Waals surface area contributed by atoms with E-state index in [9.17, 15) is 9.59 Å². The molecule has 6 heteroatoms. The Hall–Kier alpha value is -3.54. The quantitative estimate of drug-likeness (QED) is 0.110. The number of unbranched alkanes of at least 4 members (excludes halogenated alkanes) is 2. The predicted molar refractivity (Wildman–Crippen MR) is 150 cm³/mol. The van der Waals surface area contributed by atoms with Crippen molar-refractivity contribution < 1.29 is 19.1 Å². The second-order valence-electron chi connectivity index (χ2n) is 10.0. The van der Waals surface area contributed by atoms with Crippen LogP contribution >= 0.6 is 0 Å². The molecule has 0 heterocycles. The molecule has 0 aliphatic heterocycles. The fourth-order valence-electron chi connectivity index (χ4n) is 4.71. The number of allylic oxidation sites excluding steroid dienone is 1. The Morgan fingerprint density at radius 1 is 1.03 bits per heavy atom. The van der Waals surface area contributed by atoms with Crippen LogP contribution < -0.4 is 11.5 Å². The summed E-state index contributed by atoms with van der Waals surface area (Å²) in [5.74, 6) is -0.0217. The first-order valence-corrected chi connectivity index (χ1v) is 13.3. The van der Waals surface area contributed by atoms with E-state index in [1.165, 1.54) is 25.3 Å². The van der Waals surface area contributed by atoms with Crippen LogP contribution in [-0.4, -0.2) is 24.6 Å². The Labute approximate surface area is 220 Å². The van der Waals surface area contributed by atoms with Gasteiger partial charge in [0.1, 0.15) is 6.10 Å². The van der Waals surface area contributed by atoms with E-state index in [0.717, 1.165) is 49.1 Å². The van der Waals surface area contributed by atoms with Gasteiger partial charge in [0.15, 0.2) is 0 Å². The van der Waals surface area contributed by atoms with Crippen LogP contribution in [0.15, 0.2) is 61.2 Å². The Morgan fingerprint density at radius 3 is 2.35 bits per heavy atom. The van der Waals surface area contributed by atoms with E-state index in [2.05, 4.69) is 6.58 Å². The van der Waals surface area contributed by atoms with Gasteiger partial charge in [-0.2, -0.15) is 0 Å². The fraction of sp³-hybridized carbons (Fsp3) is 0.419. The van der Waals surface area contributed by atoms with Crippen LogP contribution in [0.5, 0.6) is 0 Å². The fourth-order valence-corrected chi connectivity index (χ4v) is 4.71. The number of hydrogen-bond acceptors (Lipinski definition) is 6. The Balaban J connectivity index is 1.40. The van der Waals surface area contributed by atoms with Crippen LogP contribution in [0.3, 0.4) is 0 Å². The number of carbonyl (C=O) groups excluding carboxylic acids is 2. The molecule has 0 saturated heterocycles. The maximum absolute atomic E-state index is 12.6. The molecule has 0 radical (unpaired) electrons. The van der Waals surface area contributed by atoms with Crippen LogP contribution in [0.2, 0.25) is 0 Å². The first-order valence-electron chi connectivity index (χ1n) is 13.3. The average molecular weight is 505 g/mol. The minimum Gasteiger partial charge on any atom is -0.462 e. The lowest BCUT2D eigenvalue weighted by molar-refractivity contribution is -0.138. The third-order valence-corrected chi connectivity index (χ3v) is 6.94. The monoisotopic (exact) mass is 504 g/mol. The second-order valence-corrected chi connectivity index (χ2v) is 10.0. The Morgan fingerprint density at radius 2 is 1.70 bits per heavy atom. The van der Waals surface area contributed by atoms with Gasteiger partial charge in [-0.1, -0.05) is 38.0 Å². The van der Waals surface area contributed by atoms with E-state index in [1.54, 1.807) is 36.4 Å². The van der Waals surface area contributed by atoms with E-state index < -0.39 is 5.97 Å². The number of carbonyl (C=O) groups is 2. The number of anilines is 2. The van der Waals surface area contributed by atoms with Crippen molar-refractivity contribution in [2.24, 2.45) is 5.92 Å². The molecular formula is C31H40N2O4. The van der Waals surface area contributed by atoms with Gasteiger partial charge in [-0.15, -0.1) is 6.58 Å². The summed E-state index contributed by atoms with van der Waals surface area (Å²) in [6.07, 6.45) is 13.9. The number of benzene rings is 2. The van der Waals surface area contributed by atoms with E-state index in [4.69, 9.17) is 20.9 Å². The standard InChI is InChI=1S/C31H40N2O4/c1-3-4-5-6-7-23-10-15-29(16-11-23)37-31(35)25-13-8-24(9-14-25)12-17-30(34)36-21-22(2)26-18-27(32)20-28(33)19-26/h3,8-9,12-14,17-20,22-23,29H,1,4-7,10-11,15-16,21,32-33H2,2H3. The first kappa shape index (κ1) is 28.0. The number of rotatable bonds is 12. The lowest BCUT2D eigenvalue weighted by atomic mass is 9.84. The predicted octanol–water partition coefficient (Wildman–Crippen LogP) is 6.67. The van der Waals surface area contributed by atoms with Gasteiger partial charge in [-0.05, 0) is 92.0 Å². The van der Waals surface area contributed by atoms with Crippen molar-refractivity contribution in [2.75, 3.05) is 18.1 Å². The molecular weight excluding hydrogens is 464 g/mol. The molecule has 2 aromatic rings. The normalized spacial score (nSPS) is 18.3. The number of ether oxygens (including phenoxy) is 2. The zero-order chi connectivity index (χ0) is 26.6. The van der Waals surface area contributed by atoms with E-state index in [1.807, 2.05) is 25.1 Å². The molecule has 4 N–H and O–H groups in total. The number of nitrogen functional groups attached to an aromatic ring is 2. The first-order chi connectivity index (χ1) is 17.8. The zero-order valence-corrected chi connectivity index (χ0v) is 21.9. The lowest BCUT2D eigenvalue weighted by Crippen LogP contribution is -2.24. The van der Waals surface area contributed by atoms with E-state index in [0.29, 0.717) is 16.9 Å². The Kier molecular flexibility index (Phi) is 10.8. The minimum absolute atomic E-state index is 0.00238. The van der Waals surface area contributed by atoms with Gasteiger partial charge < -0.3 is 20.9 Å². The van der Waals surface area contributed by atoms with Gasteiger partial charge in [0.25, 0.3) is 0 Å². The smallest absolute Gasteiger partial charge is 0.338 e. The molecule has 37 heavy (non-hydrogen) atoms. The van der Waals surface area contributed by atoms with E-state index in [-0.39, 0.29) is 24.6 Å². The van der Waals surface area contributed by atoms with Crippen molar-refractivity contribution in [1.82, 2.24) is 0 Å². The van der Waals surface area contributed by atoms with Gasteiger partial charge >= 0.3 is 11.9 Å². The highest BCUT2D eigenvalue weighted by molar-refractivity contribution is 5.90. The van der Waals surface area contributed by atoms with Gasteiger partial charge in [0.05, 0.1) is 12.2 Å². The summed E-state index contributed by atoms with van der Waals surface area (Å²) >= 11 is 0. The molecule has 0 spiro atoms. The molecule has 0 bridgehead atoms. The molecule has 0 amide bonds. The van der Waals surface area contributed by atoms with Crippen LogP contribution in [0, 0.1) is 5.92 Å². The van der Waals surface area contributed by atoms with Crippen molar-refractivity contribution in [1.29, 1.82) is 0 Å². The van der Waals surface area contributed by atoms with Crippen LogP contribution in [0.25, 0.3) is 6.08 Å². The third-order valence-electron chi connectivity index (χ3n) is 6.94. The van der Waals surface area contributed by atoms with Gasteiger partial charge in [-0.3, -0.25) is 0 Å². The summed E-state index contributed by atoms with van der Waals surface area (Å²) in [6, 6.07) is 12.4. The largest absolute Gasteiger partial charge is 0.462 e. The molecule has 0 aromatic heterocycles. The maximum atomic E-state index is 12.6. The molecule has 2 aromatic carbocycles. The molecule has 1 unspecified atom stereocenters. The topological polar surface area (TPSA) is 105 Å². The summed E-state index contributed by atoms with van der Waals surface area (Å²) < 4.78 is 11.1. The summed E-state index contributed by atoms with van der Waals surface area (Å²) in [4.78, 5) is 24.7. The van der Waals surface area contributed by atoms with E-state index >= 15 is 0 Å². The third kappa shape index (κ3) is 9.45. The average Bonchev–Trinajstić information content (AvgIpc) is 2.89. The van der Waals surface area contributed by atoms with Gasteiger partial charge in [-0.25, -0.2) is 9.59 Å². The van der Waals surface area contributed by atoms with Crippen LogP contribution in [-0.2, 0) is 14.3 Å². The molecule has 198 valence electrons. The SMILES string of the molecule is C=CCCCCC1CCC(OC(=O)c2ccc(C=CC(=O)OCC(C)c3cc(N)cc(N)c3)cc2)CC1. The molecule has 1 atom stereocenters. The van der Waals surface area contributed by atoms with Crippen molar-refractivity contribution in [3.63, 3.8) is 0 Å². The minimum atomic E-state index is -0.441. The highest BCUT2D eigenvalue weighted by atomic mass is 16.5. The molecule has 1 saturated carbocycles. The lowest BCUT2D eigenvalue weighted by Gasteiger charge is -2.28. The molecule has 1 aliphatic carbocycles. The molecule has 1 fully saturated rings. The highest BCUT2D eigenvalue weighted by Gasteiger charge is 2.24. The van der Waals surface area contributed by atoms with Crippen molar-refractivity contribution in [3.8, 4) is 0 Å². The highest BCUT2D eigenvalue weighted by Crippen LogP contribution is 2.30. The second kappa shape index (κ2) is 14.3. The molecule has 6 nitrogen and oxygen atoms in total. The number of nitrogens with two attached hydrogens (primary N) is 2. The zero-order valence-electron chi connectivity index (χ0n) is 21.9. The van der Waals surface area contributed by atoms with Crippen molar-refractivity contribution in [3.05, 3.63) is 77.9 Å². The molecule has 3 rings (SSSR count). The van der Waals surface area contributed by atoms with Crippen molar-refractivity contribution >= 4 is 29.4 Å². The summed E-state index contributed by atoms with van der Waals surface area (Å²) in [5.41, 5.74) is 15.1. The summed E-state index contributed by atoms with van der Waals surface area (Å²) in [7, 11) is 0. The van der Waals surface area contributed by atoms with Crippen LogP contribution in [0.1, 0.15) is 85.7 Å². The van der Waals surface area contributed by atoms with Crippen LogP contribution in [0.4, 0.5) is 11.4 Å². The van der Waals surface area contributed by atoms with Crippen molar-refractivity contribution in [2.45, 2.75) is 70.3 Å².